The molecule has 8 heteroatoms. The van der Waals surface area contributed by atoms with Crippen LogP contribution in [0.5, 0.6) is 0 Å². The number of hydrogen-bond acceptors (Lipinski definition) is 4. The van der Waals surface area contributed by atoms with Crippen molar-refractivity contribution in [2.45, 2.75) is 33.1 Å². The second-order valence-electron chi connectivity index (χ2n) is 6.68. The van der Waals surface area contributed by atoms with E-state index in [2.05, 4.69) is 23.3 Å². The fraction of sp³-hybridized carbons (Fsp3) is 0.368. The maximum atomic E-state index is 12.8. The van der Waals surface area contributed by atoms with E-state index in [0.29, 0.717) is 18.7 Å². The van der Waals surface area contributed by atoms with Crippen LogP contribution in [0.15, 0.2) is 30.5 Å². The molecule has 1 fully saturated rings. The highest BCUT2D eigenvalue weighted by Crippen LogP contribution is 2.27. The third kappa shape index (κ3) is 4.42. The monoisotopic (exact) mass is 407 g/mol. The number of nitrogens with zero attached hydrogens (tertiary/aromatic N) is 2. The van der Waals surface area contributed by atoms with Crippen LogP contribution in [0.3, 0.4) is 0 Å². The van der Waals surface area contributed by atoms with Gasteiger partial charge in [0.1, 0.15) is 5.82 Å². The molecule has 1 saturated heterocycles. The van der Waals surface area contributed by atoms with Gasteiger partial charge in [-0.05, 0) is 49.1 Å². The normalized spacial score (nSPS) is 15.7. The molecule has 1 aliphatic heterocycles. The smallest absolute Gasteiger partial charge is 0.257 e. The van der Waals surface area contributed by atoms with Gasteiger partial charge in [-0.2, -0.15) is 0 Å². The van der Waals surface area contributed by atoms with Gasteiger partial charge in [-0.25, -0.2) is 13.4 Å². The second kappa shape index (κ2) is 7.86. The number of pyridine rings is 1. The zero-order valence-corrected chi connectivity index (χ0v) is 16.9. The number of aryl methyl sites for hydroxylation is 2. The summed E-state index contributed by atoms with van der Waals surface area (Å²) >= 11 is 6.16. The fourth-order valence-electron chi connectivity index (χ4n) is 3.20. The SMILES string of the molecule is CCCc1cc(C)cc(NC(=O)c2cc(N3CCCS3(=O)=O)ncc2Cl)c1. The highest BCUT2D eigenvalue weighted by atomic mass is 35.5. The highest BCUT2D eigenvalue weighted by Gasteiger charge is 2.30. The van der Waals surface area contributed by atoms with E-state index in [4.69, 9.17) is 11.6 Å². The molecule has 0 bridgehead atoms. The van der Waals surface area contributed by atoms with Crippen molar-refractivity contribution in [1.29, 1.82) is 0 Å². The van der Waals surface area contributed by atoms with Crippen molar-refractivity contribution in [3.63, 3.8) is 0 Å². The fourth-order valence-corrected chi connectivity index (χ4v) is 4.90. The van der Waals surface area contributed by atoms with Crippen LogP contribution in [0, 0.1) is 6.92 Å². The quantitative estimate of drug-likeness (QED) is 0.817. The summed E-state index contributed by atoms with van der Waals surface area (Å²) in [6.07, 6.45) is 3.80. The molecule has 0 radical (unpaired) electrons. The van der Waals surface area contributed by atoms with Gasteiger partial charge in [0.25, 0.3) is 5.91 Å². The Morgan fingerprint density at radius 1 is 1.30 bits per heavy atom. The number of amides is 1. The Bertz CT molecular complexity index is 976. The Balaban J connectivity index is 1.88. The maximum Gasteiger partial charge on any atom is 0.257 e. The van der Waals surface area contributed by atoms with Crippen LogP contribution in [-0.2, 0) is 16.4 Å². The van der Waals surface area contributed by atoms with Crippen molar-refractivity contribution in [2.75, 3.05) is 21.9 Å². The van der Waals surface area contributed by atoms with Gasteiger partial charge < -0.3 is 5.32 Å². The van der Waals surface area contributed by atoms with E-state index < -0.39 is 15.9 Å². The Morgan fingerprint density at radius 3 is 2.74 bits per heavy atom. The minimum absolute atomic E-state index is 0.0856. The Hall–Kier alpha value is -2.12. The molecule has 1 aromatic carbocycles. The van der Waals surface area contributed by atoms with E-state index in [1.807, 2.05) is 19.1 Å². The predicted molar refractivity (Wildman–Crippen MR) is 108 cm³/mol. The minimum atomic E-state index is -3.38. The molecule has 0 unspecified atom stereocenters. The van der Waals surface area contributed by atoms with Crippen molar-refractivity contribution >= 4 is 39.0 Å². The molecule has 2 heterocycles. The molecular weight excluding hydrogens is 386 g/mol. The van der Waals surface area contributed by atoms with E-state index >= 15 is 0 Å². The molecule has 1 aliphatic rings. The zero-order chi connectivity index (χ0) is 19.6. The van der Waals surface area contributed by atoms with Crippen LogP contribution in [0.4, 0.5) is 11.5 Å². The van der Waals surface area contributed by atoms with Gasteiger partial charge in [-0.1, -0.05) is 31.0 Å². The van der Waals surface area contributed by atoms with Crippen LogP contribution >= 0.6 is 11.6 Å². The maximum absolute atomic E-state index is 12.8. The first kappa shape index (κ1) is 19.6. The summed E-state index contributed by atoms with van der Waals surface area (Å²) in [6, 6.07) is 7.35. The number of nitrogens with one attached hydrogen (secondary N) is 1. The van der Waals surface area contributed by atoms with E-state index in [0.717, 1.165) is 24.0 Å². The lowest BCUT2D eigenvalue weighted by Gasteiger charge is -2.17. The Morgan fingerprint density at radius 2 is 2.07 bits per heavy atom. The Kier molecular flexibility index (Phi) is 5.72. The van der Waals surface area contributed by atoms with E-state index in [1.165, 1.54) is 16.6 Å². The predicted octanol–water partition coefficient (Wildman–Crippen LogP) is 3.79. The largest absolute Gasteiger partial charge is 0.322 e. The molecule has 2 aromatic rings. The average Bonchev–Trinajstić information content (AvgIpc) is 2.94. The number of hydrogen-bond donors (Lipinski definition) is 1. The van der Waals surface area contributed by atoms with Gasteiger partial charge in [0.15, 0.2) is 0 Å². The number of aromatic nitrogens is 1. The summed E-state index contributed by atoms with van der Waals surface area (Å²) in [4.78, 5) is 16.8. The van der Waals surface area contributed by atoms with Gasteiger partial charge >= 0.3 is 0 Å². The lowest BCUT2D eigenvalue weighted by Crippen LogP contribution is -2.26. The molecule has 1 aromatic heterocycles. The number of anilines is 2. The number of carbonyl (C=O) groups is 1. The van der Waals surface area contributed by atoms with Gasteiger partial charge in [0.2, 0.25) is 10.0 Å². The topological polar surface area (TPSA) is 79.4 Å². The van der Waals surface area contributed by atoms with E-state index in [-0.39, 0.29) is 22.2 Å². The van der Waals surface area contributed by atoms with Crippen LogP contribution < -0.4 is 9.62 Å². The van der Waals surface area contributed by atoms with Crippen molar-refractivity contribution < 1.29 is 13.2 Å². The molecule has 3 rings (SSSR count). The molecular formula is C19H22ClN3O3S. The summed E-state index contributed by atoms with van der Waals surface area (Å²) < 4.78 is 25.4. The molecule has 0 aliphatic carbocycles. The molecule has 0 spiro atoms. The summed E-state index contributed by atoms with van der Waals surface area (Å²) in [5.41, 5.74) is 3.09. The highest BCUT2D eigenvalue weighted by molar-refractivity contribution is 7.93. The lowest BCUT2D eigenvalue weighted by atomic mass is 10.1. The second-order valence-corrected chi connectivity index (χ2v) is 9.10. The molecule has 1 amide bonds. The number of sulfonamides is 1. The van der Waals surface area contributed by atoms with Gasteiger partial charge in [-0.15, -0.1) is 0 Å². The van der Waals surface area contributed by atoms with Gasteiger partial charge in [-0.3, -0.25) is 9.10 Å². The molecule has 0 atom stereocenters. The van der Waals surface area contributed by atoms with E-state index in [9.17, 15) is 13.2 Å². The molecule has 1 N–H and O–H groups in total. The lowest BCUT2D eigenvalue weighted by molar-refractivity contribution is 0.102. The van der Waals surface area contributed by atoms with Crippen LogP contribution in [-0.4, -0.2) is 31.6 Å². The van der Waals surface area contributed by atoms with Gasteiger partial charge in [0.05, 0.1) is 16.3 Å². The van der Waals surface area contributed by atoms with E-state index in [1.54, 1.807) is 0 Å². The van der Waals surface area contributed by atoms with Gasteiger partial charge in [0, 0.05) is 18.4 Å². The molecule has 0 saturated carbocycles. The molecule has 27 heavy (non-hydrogen) atoms. The number of benzene rings is 1. The minimum Gasteiger partial charge on any atom is -0.322 e. The third-order valence-corrected chi connectivity index (χ3v) is 6.52. The number of rotatable bonds is 5. The molecule has 144 valence electrons. The van der Waals surface area contributed by atoms with Crippen LogP contribution in [0.2, 0.25) is 5.02 Å². The molecule has 6 nitrogen and oxygen atoms in total. The third-order valence-electron chi connectivity index (χ3n) is 4.37. The van der Waals surface area contributed by atoms with Crippen molar-refractivity contribution in [1.82, 2.24) is 4.98 Å². The first-order valence-corrected chi connectivity index (χ1v) is 10.9. The summed E-state index contributed by atoms with van der Waals surface area (Å²) in [5, 5.41) is 3.03. The Labute approximate surface area is 164 Å². The average molecular weight is 408 g/mol. The van der Waals surface area contributed by atoms with Crippen molar-refractivity contribution in [3.05, 3.63) is 52.2 Å². The number of carbonyl (C=O) groups excluding carboxylic acids is 1. The first-order valence-electron chi connectivity index (χ1n) is 8.88. The standard InChI is InChI=1S/C19H22ClN3O3S/c1-3-5-14-8-13(2)9-15(10-14)22-19(24)16-11-18(21-12-17(16)20)23-6-4-7-27(23,25)26/h8-12H,3-7H2,1-2H3,(H,22,24). The summed E-state index contributed by atoms with van der Waals surface area (Å²) in [7, 11) is -3.38. The number of halogens is 1. The summed E-state index contributed by atoms with van der Waals surface area (Å²) in [5.74, 6) is -0.0891. The van der Waals surface area contributed by atoms with Crippen LogP contribution in [0.1, 0.15) is 41.3 Å². The van der Waals surface area contributed by atoms with Crippen LogP contribution in [0.25, 0.3) is 0 Å². The zero-order valence-electron chi connectivity index (χ0n) is 15.3. The summed E-state index contributed by atoms with van der Waals surface area (Å²) in [6.45, 7) is 4.44. The van der Waals surface area contributed by atoms with Crippen molar-refractivity contribution in [3.8, 4) is 0 Å². The van der Waals surface area contributed by atoms with Crippen molar-refractivity contribution in [2.24, 2.45) is 0 Å². The first-order chi connectivity index (χ1) is 12.8.